The third-order valence-corrected chi connectivity index (χ3v) is 3.12. The smallest absolute Gasteiger partial charge is 0.412 e. The Morgan fingerprint density at radius 2 is 1.71 bits per heavy atom. The van der Waals surface area contributed by atoms with Crippen LogP contribution in [0.15, 0.2) is 48.5 Å². The molecule has 1 atom stereocenters. The highest BCUT2D eigenvalue weighted by Gasteiger charge is 2.41. The van der Waals surface area contributed by atoms with Crippen molar-refractivity contribution in [2.24, 2.45) is 0 Å². The second-order valence-electron chi connectivity index (χ2n) is 4.73. The molecule has 21 heavy (non-hydrogen) atoms. The Kier molecular flexibility index (Phi) is 4.40. The molecule has 1 N–H and O–H groups in total. The van der Waals surface area contributed by atoms with Gasteiger partial charge in [-0.2, -0.15) is 13.2 Å². The third-order valence-electron chi connectivity index (χ3n) is 3.12. The minimum atomic E-state index is -4.41. The van der Waals surface area contributed by atoms with Crippen molar-refractivity contribution >= 4 is 5.69 Å². The van der Waals surface area contributed by atoms with Crippen LogP contribution in [0.25, 0.3) is 0 Å². The van der Waals surface area contributed by atoms with E-state index < -0.39 is 12.2 Å². The molecule has 0 saturated carbocycles. The zero-order valence-corrected chi connectivity index (χ0v) is 11.7. The van der Waals surface area contributed by atoms with E-state index in [-0.39, 0.29) is 5.56 Å². The minimum Gasteiger partial charge on any atom is -0.495 e. The first-order chi connectivity index (χ1) is 9.91. The first-order valence-corrected chi connectivity index (χ1v) is 6.44. The van der Waals surface area contributed by atoms with Crippen molar-refractivity contribution in [2.75, 3.05) is 12.4 Å². The summed E-state index contributed by atoms with van der Waals surface area (Å²) in [5.41, 5.74) is 1.34. The standard InChI is InChI=1S/C16H16F3NO/c1-11-8-9-14(21-2)13(10-11)20-15(16(17,18)19)12-6-4-3-5-7-12/h3-10,15,20H,1-2H3. The summed E-state index contributed by atoms with van der Waals surface area (Å²) in [4.78, 5) is 0. The van der Waals surface area contributed by atoms with E-state index in [0.29, 0.717) is 11.4 Å². The molecule has 2 rings (SSSR count). The Bertz CT molecular complexity index is 596. The maximum absolute atomic E-state index is 13.3. The molecule has 0 aliphatic heterocycles. The van der Waals surface area contributed by atoms with Crippen LogP contribution in [0.5, 0.6) is 5.75 Å². The number of methoxy groups -OCH3 is 1. The van der Waals surface area contributed by atoms with Gasteiger partial charge < -0.3 is 10.1 Å². The predicted octanol–water partition coefficient (Wildman–Crippen LogP) is 4.72. The molecule has 112 valence electrons. The highest BCUT2D eigenvalue weighted by Crippen LogP contribution is 2.38. The van der Waals surface area contributed by atoms with Gasteiger partial charge in [-0.05, 0) is 30.2 Å². The lowest BCUT2D eigenvalue weighted by molar-refractivity contribution is -0.144. The van der Waals surface area contributed by atoms with Crippen LogP contribution in [0.3, 0.4) is 0 Å². The molecule has 1 unspecified atom stereocenters. The van der Waals surface area contributed by atoms with Gasteiger partial charge in [0.2, 0.25) is 0 Å². The van der Waals surface area contributed by atoms with E-state index in [1.807, 2.05) is 6.92 Å². The van der Waals surface area contributed by atoms with Gasteiger partial charge >= 0.3 is 6.18 Å². The summed E-state index contributed by atoms with van der Waals surface area (Å²) < 4.78 is 45.1. The second kappa shape index (κ2) is 6.08. The highest BCUT2D eigenvalue weighted by atomic mass is 19.4. The highest BCUT2D eigenvalue weighted by molar-refractivity contribution is 5.59. The molecule has 2 aromatic rings. The van der Waals surface area contributed by atoms with Crippen LogP contribution < -0.4 is 10.1 Å². The summed E-state index contributed by atoms with van der Waals surface area (Å²) in [6, 6.07) is 11.1. The Labute approximate surface area is 121 Å². The maximum Gasteiger partial charge on any atom is 0.412 e. The number of halogens is 3. The average Bonchev–Trinajstić information content (AvgIpc) is 2.44. The first kappa shape index (κ1) is 15.2. The van der Waals surface area contributed by atoms with Crippen molar-refractivity contribution in [1.29, 1.82) is 0 Å². The van der Waals surface area contributed by atoms with Crippen LogP contribution >= 0.6 is 0 Å². The molecule has 5 heteroatoms. The fourth-order valence-electron chi connectivity index (χ4n) is 2.09. The summed E-state index contributed by atoms with van der Waals surface area (Å²) in [5, 5.41) is 2.55. The molecule has 0 saturated heterocycles. The fourth-order valence-corrected chi connectivity index (χ4v) is 2.09. The van der Waals surface area contributed by atoms with Gasteiger partial charge in [0.1, 0.15) is 11.8 Å². The molecule has 0 amide bonds. The van der Waals surface area contributed by atoms with Gasteiger partial charge in [-0.3, -0.25) is 0 Å². The zero-order valence-electron chi connectivity index (χ0n) is 11.7. The van der Waals surface area contributed by atoms with Crippen LogP contribution in [-0.2, 0) is 0 Å². The third kappa shape index (κ3) is 3.68. The molecule has 2 aromatic carbocycles. The lowest BCUT2D eigenvalue weighted by Gasteiger charge is -2.24. The van der Waals surface area contributed by atoms with Gasteiger partial charge in [0, 0.05) is 0 Å². The predicted molar refractivity (Wildman–Crippen MR) is 76.6 cm³/mol. The maximum atomic E-state index is 13.3. The largest absolute Gasteiger partial charge is 0.495 e. The van der Waals surface area contributed by atoms with Crippen LogP contribution in [0, 0.1) is 6.92 Å². The molecule has 0 spiro atoms. The quantitative estimate of drug-likeness (QED) is 0.881. The summed E-state index contributed by atoms with van der Waals surface area (Å²) in [6.45, 7) is 1.82. The van der Waals surface area contributed by atoms with Crippen LogP contribution in [0.1, 0.15) is 17.2 Å². The number of benzene rings is 2. The zero-order chi connectivity index (χ0) is 15.5. The topological polar surface area (TPSA) is 21.3 Å². The minimum absolute atomic E-state index is 0.161. The molecule has 2 nitrogen and oxygen atoms in total. The fraction of sp³-hybridized carbons (Fsp3) is 0.250. The molecule has 0 aliphatic rings. The number of anilines is 1. The molecular weight excluding hydrogens is 279 g/mol. The van der Waals surface area contributed by atoms with Crippen molar-refractivity contribution in [1.82, 2.24) is 0 Å². The molecule has 0 radical (unpaired) electrons. The number of hydrogen-bond donors (Lipinski definition) is 1. The van der Waals surface area contributed by atoms with Gasteiger partial charge in [-0.15, -0.1) is 0 Å². The van der Waals surface area contributed by atoms with Crippen LogP contribution in [-0.4, -0.2) is 13.3 Å². The summed E-state index contributed by atoms with van der Waals surface area (Å²) >= 11 is 0. The van der Waals surface area contributed by atoms with E-state index in [4.69, 9.17) is 4.74 Å². The van der Waals surface area contributed by atoms with E-state index >= 15 is 0 Å². The van der Waals surface area contributed by atoms with E-state index in [9.17, 15) is 13.2 Å². The van der Waals surface area contributed by atoms with E-state index in [1.165, 1.54) is 19.2 Å². The molecule has 0 aliphatic carbocycles. The molecule has 0 bridgehead atoms. The Hall–Kier alpha value is -2.17. The van der Waals surface area contributed by atoms with E-state index in [0.717, 1.165) is 5.56 Å². The number of alkyl halides is 3. The van der Waals surface area contributed by atoms with Crippen molar-refractivity contribution in [2.45, 2.75) is 19.1 Å². The van der Waals surface area contributed by atoms with Crippen molar-refractivity contribution in [3.63, 3.8) is 0 Å². The Morgan fingerprint density at radius 1 is 1.05 bits per heavy atom. The molecule has 0 fully saturated rings. The summed E-state index contributed by atoms with van der Waals surface area (Å²) in [5.74, 6) is 0.380. The van der Waals surface area contributed by atoms with Gasteiger partial charge in [0.25, 0.3) is 0 Å². The van der Waals surface area contributed by atoms with Crippen LogP contribution in [0.4, 0.5) is 18.9 Å². The number of rotatable bonds is 4. The normalized spacial score (nSPS) is 12.8. The monoisotopic (exact) mass is 295 g/mol. The number of ether oxygens (including phenoxy) is 1. The SMILES string of the molecule is COc1ccc(C)cc1NC(c1ccccc1)C(F)(F)F. The lowest BCUT2D eigenvalue weighted by atomic mass is 10.1. The Morgan fingerprint density at radius 3 is 2.29 bits per heavy atom. The van der Waals surface area contributed by atoms with Gasteiger partial charge in [-0.25, -0.2) is 0 Å². The van der Waals surface area contributed by atoms with Crippen molar-refractivity contribution in [3.05, 3.63) is 59.7 Å². The second-order valence-corrected chi connectivity index (χ2v) is 4.73. The molecular formula is C16H16F3NO. The molecule has 0 aromatic heterocycles. The van der Waals surface area contributed by atoms with E-state index in [1.54, 1.807) is 36.4 Å². The summed E-state index contributed by atoms with van der Waals surface area (Å²) in [7, 11) is 1.43. The van der Waals surface area contributed by atoms with Gasteiger partial charge in [0.15, 0.2) is 0 Å². The van der Waals surface area contributed by atoms with E-state index in [2.05, 4.69) is 5.32 Å². The van der Waals surface area contributed by atoms with Crippen molar-refractivity contribution in [3.8, 4) is 5.75 Å². The van der Waals surface area contributed by atoms with Gasteiger partial charge in [0.05, 0.1) is 12.8 Å². The number of nitrogens with one attached hydrogen (secondary N) is 1. The molecule has 0 heterocycles. The summed E-state index contributed by atoms with van der Waals surface area (Å²) in [6.07, 6.45) is -4.41. The first-order valence-electron chi connectivity index (χ1n) is 6.44. The van der Waals surface area contributed by atoms with Gasteiger partial charge in [-0.1, -0.05) is 36.4 Å². The lowest BCUT2D eigenvalue weighted by Crippen LogP contribution is -2.28. The average molecular weight is 295 g/mol. The number of aryl methyl sites for hydroxylation is 1. The van der Waals surface area contributed by atoms with Crippen LogP contribution in [0.2, 0.25) is 0 Å². The van der Waals surface area contributed by atoms with Crippen molar-refractivity contribution < 1.29 is 17.9 Å². The number of hydrogen-bond acceptors (Lipinski definition) is 2. The Balaban J connectivity index is 2.39.